The van der Waals surface area contributed by atoms with Crippen LogP contribution in [0.2, 0.25) is 0 Å². The molecule has 1 atom stereocenters. The molecule has 0 saturated heterocycles. The average molecular weight is 319 g/mol. The van der Waals surface area contributed by atoms with Crippen molar-refractivity contribution in [1.82, 2.24) is 4.90 Å². The molecule has 0 amide bonds. The van der Waals surface area contributed by atoms with Gasteiger partial charge < -0.3 is 9.64 Å². The second kappa shape index (κ2) is 6.95. The van der Waals surface area contributed by atoms with Crippen LogP contribution in [0.4, 0.5) is 0 Å². The van der Waals surface area contributed by atoms with E-state index in [0.29, 0.717) is 11.4 Å². The molecule has 22 heavy (non-hydrogen) atoms. The zero-order chi connectivity index (χ0) is 22.4. The highest BCUT2D eigenvalue weighted by molar-refractivity contribution is 7.10. The maximum atomic E-state index is 9.00. The fourth-order valence-corrected chi connectivity index (χ4v) is 2.71. The number of thiophene rings is 1. The van der Waals surface area contributed by atoms with Crippen molar-refractivity contribution in [2.75, 3.05) is 20.6 Å². The molecule has 2 nitrogen and oxygen atoms in total. The maximum Gasteiger partial charge on any atom is 0.134 e. The van der Waals surface area contributed by atoms with Crippen LogP contribution in [0.3, 0.4) is 0 Å². The van der Waals surface area contributed by atoms with Crippen molar-refractivity contribution in [3.8, 4) is 5.75 Å². The summed E-state index contributed by atoms with van der Waals surface area (Å²) >= 11 is 1.31. The van der Waals surface area contributed by atoms with Gasteiger partial charge in [0.15, 0.2) is 0 Å². The number of nitrogens with zero attached hydrogens (tertiary/aromatic N) is 1. The summed E-state index contributed by atoms with van der Waals surface area (Å²) in [7, 11) is 3.71. The lowest BCUT2D eigenvalue weighted by molar-refractivity contribution is 0.185. The molecule has 0 aliphatic carbocycles. The summed E-state index contributed by atoms with van der Waals surface area (Å²) in [5.41, 5.74) is 0. The van der Waals surface area contributed by atoms with Crippen LogP contribution in [0.5, 0.6) is 5.75 Å². The first-order valence-corrected chi connectivity index (χ1v) is 7.75. The molecule has 2 aromatic carbocycles. The molecule has 3 heteroatoms. The standard InChI is InChI=1S/C19H21NOS/c1-20(2)13-12-18(19-11-6-14-22-19)21-17-10-5-8-15-7-3-4-9-16(15)17/h3-11,14,18H,12-13H2,1-2H3/i3D,4D,5D,7D,8D,9D,10D,18D. The largest absolute Gasteiger partial charge is 0.484 e. The second-order valence-electron chi connectivity index (χ2n) is 5.01. The van der Waals surface area contributed by atoms with Gasteiger partial charge in [-0.1, -0.05) is 42.3 Å². The first-order chi connectivity index (χ1) is 14.0. The van der Waals surface area contributed by atoms with Crippen molar-refractivity contribution < 1.29 is 15.7 Å². The monoisotopic (exact) mass is 319 g/mol. The molecule has 1 unspecified atom stereocenters. The molecule has 3 rings (SSSR count). The molecule has 0 saturated carbocycles. The van der Waals surface area contributed by atoms with Gasteiger partial charge in [0.25, 0.3) is 0 Å². The van der Waals surface area contributed by atoms with Crippen molar-refractivity contribution in [3.63, 3.8) is 0 Å². The van der Waals surface area contributed by atoms with E-state index in [4.69, 9.17) is 15.7 Å². The molecule has 3 aromatic rings. The van der Waals surface area contributed by atoms with Crippen molar-refractivity contribution in [2.45, 2.75) is 12.5 Å². The molecule has 0 aliphatic heterocycles. The molecular formula is C19H21NOS. The third kappa shape index (κ3) is 3.49. The zero-order valence-corrected chi connectivity index (χ0v) is 13.2. The summed E-state index contributed by atoms with van der Waals surface area (Å²) in [5, 5.41) is 1.47. The van der Waals surface area contributed by atoms with E-state index in [0.717, 1.165) is 0 Å². The molecule has 1 heterocycles. The van der Waals surface area contributed by atoms with Gasteiger partial charge in [-0.3, -0.25) is 0 Å². The Labute approximate surface area is 147 Å². The lowest BCUT2D eigenvalue weighted by Crippen LogP contribution is -2.18. The van der Waals surface area contributed by atoms with E-state index in [1.807, 2.05) is 19.0 Å². The Morgan fingerprint density at radius 1 is 1.23 bits per heavy atom. The fraction of sp³-hybridized carbons (Fsp3) is 0.263. The fourth-order valence-electron chi connectivity index (χ4n) is 1.98. The Morgan fingerprint density at radius 2 is 2.05 bits per heavy atom. The van der Waals surface area contributed by atoms with Gasteiger partial charge in [-0.2, -0.15) is 0 Å². The van der Waals surface area contributed by atoms with Crippen molar-refractivity contribution in [1.29, 1.82) is 0 Å². The lowest BCUT2D eigenvalue weighted by Gasteiger charge is -2.21. The minimum Gasteiger partial charge on any atom is -0.484 e. The number of rotatable bonds is 6. The van der Waals surface area contributed by atoms with Gasteiger partial charge in [-0.05, 0) is 37.0 Å². The molecule has 0 fully saturated rings. The van der Waals surface area contributed by atoms with Crippen LogP contribution in [0, 0.1) is 0 Å². The molecule has 1 aromatic heterocycles. The van der Waals surface area contributed by atoms with Gasteiger partial charge >= 0.3 is 0 Å². The van der Waals surface area contributed by atoms with Gasteiger partial charge in [-0.15, -0.1) is 11.3 Å². The van der Waals surface area contributed by atoms with Crippen LogP contribution in [0.1, 0.15) is 28.3 Å². The molecule has 0 aliphatic rings. The molecule has 0 bridgehead atoms. The number of ether oxygens (including phenoxy) is 1. The number of hydrogen-bond acceptors (Lipinski definition) is 3. The van der Waals surface area contributed by atoms with E-state index in [-0.39, 0.29) is 22.9 Å². The first-order valence-electron chi connectivity index (χ1n) is 10.9. The van der Waals surface area contributed by atoms with E-state index < -0.39 is 48.4 Å². The molecule has 114 valence electrons. The summed E-state index contributed by atoms with van der Waals surface area (Å²) in [5.74, 6) is -0.278. The minimum absolute atomic E-state index is 0.148. The second-order valence-corrected chi connectivity index (χ2v) is 5.96. The minimum atomic E-state index is -1.63. The first kappa shape index (κ1) is 8.14. The third-order valence-electron chi connectivity index (χ3n) is 3.09. The highest BCUT2D eigenvalue weighted by atomic mass is 32.1. The van der Waals surface area contributed by atoms with E-state index in [1.165, 1.54) is 11.3 Å². The summed E-state index contributed by atoms with van der Waals surface area (Å²) in [6.07, 6.45) is -1.41. The van der Waals surface area contributed by atoms with Gasteiger partial charge in [0.1, 0.15) is 11.8 Å². The van der Waals surface area contributed by atoms with Crippen LogP contribution in [-0.2, 0) is 0 Å². The van der Waals surface area contributed by atoms with Crippen LogP contribution >= 0.6 is 11.3 Å². The average Bonchev–Trinajstić information content (AvgIpc) is 3.25. The van der Waals surface area contributed by atoms with Crippen LogP contribution in [0.15, 0.2) is 59.8 Å². The van der Waals surface area contributed by atoms with Gasteiger partial charge in [-0.25, -0.2) is 0 Å². The Hall–Kier alpha value is -1.84. The van der Waals surface area contributed by atoms with Crippen molar-refractivity contribution in [3.05, 3.63) is 64.7 Å². The van der Waals surface area contributed by atoms with Gasteiger partial charge in [0, 0.05) is 23.2 Å². The van der Waals surface area contributed by atoms with Crippen LogP contribution < -0.4 is 4.74 Å². The van der Waals surface area contributed by atoms with Crippen LogP contribution in [-0.4, -0.2) is 25.5 Å². The van der Waals surface area contributed by atoms with E-state index >= 15 is 0 Å². The topological polar surface area (TPSA) is 12.5 Å². The van der Waals surface area contributed by atoms with E-state index in [1.54, 1.807) is 17.5 Å². The Bertz CT molecular complexity index is 1090. The molecule has 0 spiro atoms. The molecule has 0 N–H and O–H groups in total. The third-order valence-corrected chi connectivity index (χ3v) is 4.00. The normalized spacial score (nSPS) is 19.2. The van der Waals surface area contributed by atoms with Gasteiger partial charge in [0.05, 0.1) is 11.0 Å². The number of benzene rings is 2. The lowest BCUT2D eigenvalue weighted by atomic mass is 10.1. The SMILES string of the molecule is [2H]c1c([2H])c([2H])c2c(OC([2H])(CCN(C)C)c3cccs3)c([2H])c([2H])c([2H])c2c1[2H]. The zero-order valence-electron chi connectivity index (χ0n) is 20.4. The highest BCUT2D eigenvalue weighted by Gasteiger charge is 2.16. The van der Waals surface area contributed by atoms with Crippen LogP contribution in [0.25, 0.3) is 10.8 Å². The number of hydrogen-bond donors (Lipinski definition) is 0. The summed E-state index contributed by atoms with van der Waals surface area (Å²) in [6, 6.07) is 0.0966. The Kier molecular flexibility index (Phi) is 2.57. The number of fused-ring (bicyclic) bond motifs is 1. The smallest absolute Gasteiger partial charge is 0.134 e. The van der Waals surface area contributed by atoms with Gasteiger partial charge in [0.2, 0.25) is 0 Å². The Morgan fingerprint density at radius 3 is 2.82 bits per heavy atom. The molecule has 0 radical (unpaired) electrons. The highest BCUT2D eigenvalue weighted by Crippen LogP contribution is 2.32. The van der Waals surface area contributed by atoms with E-state index in [9.17, 15) is 0 Å². The summed E-state index contributed by atoms with van der Waals surface area (Å²) in [4.78, 5) is 2.45. The van der Waals surface area contributed by atoms with Crippen molar-refractivity contribution in [2.24, 2.45) is 0 Å². The Balaban J connectivity index is 2.31. The maximum absolute atomic E-state index is 9.00. The van der Waals surface area contributed by atoms with E-state index in [2.05, 4.69) is 0 Å². The summed E-state index contributed by atoms with van der Waals surface area (Å²) < 4.78 is 72.1. The summed E-state index contributed by atoms with van der Waals surface area (Å²) in [6.45, 7) is 0.495. The molecular weight excluding hydrogens is 290 g/mol. The predicted octanol–water partition coefficient (Wildman–Crippen LogP) is 4.97. The quantitative estimate of drug-likeness (QED) is 0.636. The predicted molar refractivity (Wildman–Crippen MR) is 94.8 cm³/mol. The van der Waals surface area contributed by atoms with Crippen molar-refractivity contribution >= 4 is 22.1 Å².